The first-order valence-electron chi connectivity index (χ1n) is 5.47. The molecule has 88 valence electrons. The monoisotopic (exact) mass is 230 g/mol. The molecule has 2 heterocycles. The highest BCUT2D eigenvalue weighted by Gasteiger charge is 1.95. The third kappa shape index (κ3) is 3.49. The highest BCUT2D eigenvalue weighted by molar-refractivity contribution is 5.02. The zero-order valence-corrected chi connectivity index (χ0v) is 9.41. The fraction of sp³-hybridized carbons (Fsp3) is 0.250. The van der Waals surface area contributed by atoms with Crippen LogP contribution in [0.3, 0.4) is 0 Å². The van der Waals surface area contributed by atoms with Gasteiger partial charge in [0, 0.05) is 38.1 Å². The van der Waals surface area contributed by atoms with Crippen LogP contribution in [-0.4, -0.2) is 21.1 Å². The van der Waals surface area contributed by atoms with Crippen molar-refractivity contribution in [2.45, 2.75) is 13.1 Å². The third-order valence-corrected chi connectivity index (χ3v) is 2.35. The first-order valence-corrected chi connectivity index (χ1v) is 5.47. The molecule has 0 spiro atoms. The van der Waals surface area contributed by atoms with Crippen LogP contribution < -0.4 is 10.9 Å². The van der Waals surface area contributed by atoms with Gasteiger partial charge in [-0.15, -0.1) is 0 Å². The Labute approximate surface area is 99.2 Å². The number of nitrogens with zero attached hydrogens (tertiary/aromatic N) is 3. The number of hydrogen-bond acceptors (Lipinski definition) is 4. The first-order chi connectivity index (χ1) is 8.36. The number of aromatic nitrogens is 3. The highest BCUT2D eigenvalue weighted by Crippen LogP contribution is 1.91. The van der Waals surface area contributed by atoms with Crippen LogP contribution in [0.4, 0.5) is 0 Å². The van der Waals surface area contributed by atoms with Crippen LogP contribution in [0.2, 0.25) is 0 Å². The largest absolute Gasteiger partial charge is 0.309 e. The molecule has 2 rings (SSSR count). The third-order valence-electron chi connectivity index (χ3n) is 2.35. The first kappa shape index (κ1) is 11.5. The maximum Gasteiger partial charge on any atom is 0.253 e. The van der Waals surface area contributed by atoms with Crippen molar-refractivity contribution in [2.24, 2.45) is 0 Å². The Morgan fingerprint density at radius 3 is 2.94 bits per heavy atom. The van der Waals surface area contributed by atoms with E-state index in [4.69, 9.17) is 0 Å². The number of pyridine rings is 1. The van der Waals surface area contributed by atoms with E-state index in [2.05, 4.69) is 15.3 Å². The molecule has 1 N–H and O–H groups in total. The van der Waals surface area contributed by atoms with Gasteiger partial charge in [0.05, 0.1) is 12.0 Å². The molecule has 0 bridgehead atoms. The molecule has 0 unspecified atom stereocenters. The Morgan fingerprint density at radius 1 is 1.24 bits per heavy atom. The summed E-state index contributed by atoms with van der Waals surface area (Å²) in [5.74, 6) is 0. The van der Waals surface area contributed by atoms with E-state index in [1.54, 1.807) is 17.1 Å². The maximum atomic E-state index is 11.4. The summed E-state index contributed by atoms with van der Waals surface area (Å²) in [4.78, 5) is 19.5. The van der Waals surface area contributed by atoms with Gasteiger partial charge in [-0.25, -0.2) is 4.98 Å². The summed E-state index contributed by atoms with van der Waals surface area (Å²) in [7, 11) is 0. The predicted molar refractivity (Wildman–Crippen MR) is 64.4 cm³/mol. The van der Waals surface area contributed by atoms with Crippen molar-refractivity contribution in [3.05, 3.63) is 59.0 Å². The van der Waals surface area contributed by atoms with Crippen molar-refractivity contribution < 1.29 is 0 Å². The minimum Gasteiger partial charge on any atom is -0.309 e. The van der Waals surface area contributed by atoms with Gasteiger partial charge in [0.25, 0.3) is 5.56 Å². The van der Waals surface area contributed by atoms with Crippen LogP contribution in [0.15, 0.2) is 47.8 Å². The van der Waals surface area contributed by atoms with E-state index in [9.17, 15) is 4.79 Å². The van der Waals surface area contributed by atoms with Crippen molar-refractivity contribution in [3.63, 3.8) is 0 Å². The SMILES string of the molecule is O=c1ccncn1CCNCc1ccccn1. The van der Waals surface area contributed by atoms with Crippen molar-refractivity contribution in [3.8, 4) is 0 Å². The summed E-state index contributed by atoms with van der Waals surface area (Å²) >= 11 is 0. The molecule has 0 aliphatic carbocycles. The minimum atomic E-state index is -0.0281. The minimum absolute atomic E-state index is 0.0281. The molecule has 2 aromatic rings. The number of hydrogen-bond donors (Lipinski definition) is 1. The lowest BCUT2D eigenvalue weighted by Gasteiger charge is -2.05. The Balaban J connectivity index is 1.78. The van der Waals surface area contributed by atoms with Gasteiger partial charge < -0.3 is 5.32 Å². The van der Waals surface area contributed by atoms with Crippen LogP contribution >= 0.6 is 0 Å². The van der Waals surface area contributed by atoms with Crippen LogP contribution in [0, 0.1) is 0 Å². The second-order valence-electron chi connectivity index (χ2n) is 3.61. The van der Waals surface area contributed by atoms with Gasteiger partial charge >= 0.3 is 0 Å². The molecule has 0 saturated heterocycles. The maximum absolute atomic E-state index is 11.4. The van der Waals surface area contributed by atoms with E-state index in [1.165, 1.54) is 12.3 Å². The molecule has 17 heavy (non-hydrogen) atoms. The van der Waals surface area contributed by atoms with Crippen molar-refractivity contribution in [1.82, 2.24) is 19.9 Å². The van der Waals surface area contributed by atoms with E-state index in [-0.39, 0.29) is 5.56 Å². The molecule has 0 fully saturated rings. The lowest BCUT2D eigenvalue weighted by molar-refractivity contribution is 0.574. The summed E-state index contributed by atoms with van der Waals surface area (Å²) in [6, 6.07) is 7.26. The standard InChI is InChI=1S/C12H14N4O/c17-12-4-6-14-10-16(12)8-7-13-9-11-3-1-2-5-15-11/h1-6,10,13H,7-9H2. The van der Waals surface area contributed by atoms with Crippen molar-refractivity contribution in [2.75, 3.05) is 6.54 Å². The smallest absolute Gasteiger partial charge is 0.253 e. The zero-order chi connectivity index (χ0) is 11.9. The fourth-order valence-electron chi connectivity index (χ4n) is 1.46. The molecule has 0 aromatic carbocycles. The molecule has 5 nitrogen and oxygen atoms in total. The van der Waals surface area contributed by atoms with Gasteiger partial charge in [-0.2, -0.15) is 0 Å². The fourth-order valence-corrected chi connectivity index (χ4v) is 1.46. The van der Waals surface area contributed by atoms with E-state index < -0.39 is 0 Å². The van der Waals surface area contributed by atoms with Crippen molar-refractivity contribution in [1.29, 1.82) is 0 Å². The quantitative estimate of drug-likeness (QED) is 0.757. The van der Waals surface area contributed by atoms with E-state index in [0.717, 1.165) is 5.69 Å². The Kier molecular flexibility index (Phi) is 3.99. The van der Waals surface area contributed by atoms with Gasteiger partial charge in [0.2, 0.25) is 0 Å². The normalized spacial score (nSPS) is 10.4. The molecule has 0 saturated carbocycles. The molecule has 0 atom stereocenters. The molecule has 0 radical (unpaired) electrons. The zero-order valence-electron chi connectivity index (χ0n) is 9.41. The summed E-state index contributed by atoms with van der Waals surface area (Å²) in [6.45, 7) is 2.03. The molecule has 0 aliphatic rings. The second kappa shape index (κ2) is 5.91. The number of rotatable bonds is 5. The molecule has 5 heteroatoms. The van der Waals surface area contributed by atoms with E-state index in [0.29, 0.717) is 19.6 Å². The second-order valence-corrected chi connectivity index (χ2v) is 3.61. The van der Waals surface area contributed by atoms with Gasteiger partial charge in [0.1, 0.15) is 0 Å². The summed E-state index contributed by atoms with van der Waals surface area (Å²) in [6.07, 6.45) is 4.81. The molecular weight excluding hydrogens is 216 g/mol. The molecule has 0 aliphatic heterocycles. The summed E-state index contributed by atoms with van der Waals surface area (Å²) in [5, 5.41) is 3.23. The summed E-state index contributed by atoms with van der Waals surface area (Å²) in [5.41, 5.74) is 0.964. The molecule has 2 aromatic heterocycles. The van der Waals surface area contributed by atoms with E-state index in [1.807, 2.05) is 18.2 Å². The Morgan fingerprint density at radius 2 is 2.18 bits per heavy atom. The van der Waals surface area contributed by atoms with Crippen LogP contribution in [0.25, 0.3) is 0 Å². The van der Waals surface area contributed by atoms with Crippen molar-refractivity contribution >= 4 is 0 Å². The van der Waals surface area contributed by atoms with Crippen LogP contribution in [0.1, 0.15) is 5.69 Å². The molecular formula is C12H14N4O. The number of nitrogens with one attached hydrogen (secondary N) is 1. The van der Waals surface area contributed by atoms with Gasteiger partial charge in [-0.3, -0.25) is 14.3 Å². The average Bonchev–Trinajstić information content (AvgIpc) is 2.38. The lowest BCUT2D eigenvalue weighted by atomic mass is 10.3. The lowest BCUT2D eigenvalue weighted by Crippen LogP contribution is -2.26. The topological polar surface area (TPSA) is 59.8 Å². The summed E-state index contributed by atoms with van der Waals surface area (Å²) < 4.78 is 1.57. The van der Waals surface area contributed by atoms with Gasteiger partial charge in [-0.1, -0.05) is 6.07 Å². The van der Waals surface area contributed by atoms with E-state index >= 15 is 0 Å². The Hall–Kier alpha value is -2.01. The molecule has 0 amide bonds. The highest BCUT2D eigenvalue weighted by atomic mass is 16.1. The van der Waals surface area contributed by atoms with Gasteiger partial charge in [-0.05, 0) is 12.1 Å². The Bertz CT molecular complexity index is 509. The van der Waals surface area contributed by atoms with Crippen LogP contribution in [0.5, 0.6) is 0 Å². The average molecular weight is 230 g/mol. The van der Waals surface area contributed by atoms with Crippen LogP contribution in [-0.2, 0) is 13.1 Å². The van der Waals surface area contributed by atoms with Gasteiger partial charge in [0.15, 0.2) is 0 Å². The predicted octanol–water partition coefficient (Wildman–Crippen LogP) is 0.428.